The first-order chi connectivity index (χ1) is 17.9. The molecule has 2 amide bonds. The number of imide groups is 1. The van der Waals surface area contributed by atoms with E-state index in [4.69, 9.17) is 11.6 Å². The Labute approximate surface area is 221 Å². The largest absolute Gasteiger partial charge is 0.417 e. The van der Waals surface area contributed by atoms with Gasteiger partial charge in [0.25, 0.3) is 5.69 Å². The van der Waals surface area contributed by atoms with Crippen LogP contribution in [0.25, 0.3) is 0 Å². The molecule has 2 atom stereocenters. The smallest absolute Gasteiger partial charge is 0.385 e. The minimum Gasteiger partial charge on any atom is -0.385 e. The first kappa shape index (κ1) is 26.4. The number of amides is 2. The number of fused-ring (bicyclic) bond motifs is 1. The maximum absolute atomic E-state index is 13.3. The normalized spacial score (nSPS) is 23.5. The molecule has 0 unspecified atom stereocenters. The topological polar surface area (TPSA) is 104 Å². The molecule has 3 aliphatic rings. The molecule has 8 nitrogen and oxygen atoms in total. The zero-order chi connectivity index (χ0) is 27.4. The Bertz CT molecular complexity index is 1290. The maximum Gasteiger partial charge on any atom is 0.417 e. The maximum atomic E-state index is 13.3. The molecule has 2 saturated heterocycles. The minimum atomic E-state index is -4.68. The highest BCUT2D eigenvalue weighted by Crippen LogP contribution is 2.44. The summed E-state index contributed by atoms with van der Waals surface area (Å²) < 4.78 is 40.0. The zero-order valence-electron chi connectivity index (χ0n) is 20.2. The number of carbonyl (C=O) groups is 2. The summed E-state index contributed by atoms with van der Waals surface area (Å²) >= 11 is 5.71. The molecule has 1 N–H and O–H groups in total. The number of aliphatic hydroxyl groups is 1. The fourth-order valence-electron chi connectivity index (χ4n) is 5.92. The highest BCUT2D eigenvalue weighted by molar-refractivity contribution is 6.31. The van der Waals surface area contributed by atoms with E-state index in [2.05, 4.69) is 0 Å². The molecule has 1 aliphatic carbocycles. The van der Waals surface area contributed by atoms with E-state index < -0.39 is 27.3 Å². The van der Waals surface area contributed by atoms with E-state index in [0.29, 0.717) is 12.8 Å². The molecule has 202 valence electrons. The summed E-state index contributed by atoms with van der Waals surface area (Å²) in [5.41, 5.74) is -2.44. The zero-order valence-corrected chi connectivity index (χ0v) is 21.0. The van der Waals surface area contributed by atoms with Crippen molar-refractivity contribution in [1.29, 1.82) is 0 Å². The van der Waals surface area contributed by atoms with Crippen LogP contribution in [0, 0.1) is 22.0 Å². The third-order valence-corrected chi connectivity index (χ3v) is 8.33. The third-order valence-electron chi connectivity index (χ3n) is 8.00. The van der Waals surface area contributed by atoms with E-state index in [0.717, 1.165) is 29.9 Å². The molecule has 0 bridgehead atoms. The highest BCUT2D eigenvalue weighted by atomic mass is 35.5. The Morgan fingerprint density at radius 2 is 1.61 bits per heavy atom. The fourth-order valence-corrected chi connectivity index (χ4v) is 6.14. The predicted molar refractivity (Wildman–Crippen MR) is 133 cm³/mol. The Kier molecular flexibility index (Phi) is 6.63. The Hall–Kier alpha value is -3.18. The number of piperidine rings is 1. The van der Waals surface area contributed by atoms with Crippen molar-refractivity contribution < 1.29 is 32.8 Å². The van der Waals surface area contributed by atoms with Crippen molar-refractivity contribution in [1.82, 2.24) is 0 Å². The van der Waals surface area contributed by atoms with Crippen molar-refractivity contribution in [2.45, 2.75) is 50.3 Å². The Morgan fingerprint density at radius 1 is 1.00 bits per heavy atom. The summed E-state index contributed by atoms with van der Waals surface area (Å²) in [6, 6.07) is 7.50. The van der Waals surface area contributed by atoms with Crippen LogP contribution < -0.4 is 9.80 Å². The number of rotatable bonds is 4. The second-order valence-electron chi connectivity index (χ2n) is 10.2. The van der Waals surface area contributed by atoms with E-state index in [1.165, 1.54) is 24.3 Å². The average molecular weight is 552 g/mol. The van der Waals surface area contributed by atoms with Crippen LogP contribution in [0.1, 0.15) is 49.7 Å². The van der Waals surface area contributed by atoms with Gasteiger partial charge >= 0.3 is 6.18 Å². The molecule has 2 aromatic carbocycles. The van der Waals surface area contributed by atoms with Crippen LogP contribution in [-0.2, 0) is 21.4 Å². The molecule has 12 heteroatoms. The fraction of sp³-hybridized carbons (Fsp3) is 0.462. The van der Waals surface area contributed by atoms with Gasteiger partial charge in [-0.25, -0.2) is 4.90 Å². The van der Waals surface area contributed by atoms with E-state index in [1.807, 2.05) is 0 Å². The highest BCUT2D eigenvalue weighted by Gasteiger charge is 2.49. The predicted octanol–water partition coefficient (Wildman–Crippen LogP) is 5.43. The number of anilines is 2. The van der Waals surface area contributed by atoms with Crippen LogP contribution in [-0.4, -0.2) is 34.9 Å². The lowest BCUT2D eigenvalue weighted by Gasteiger charge is -2.39. The average Bonchev–Trinajstić information content (AvgIpc) is 3.13. The summed E-state index contributed by atoms with van der Waals surface area (Å²) in [6.45, 7) is 0.263. The van der Waals surface area contributed by atoms with Gasteiger partial charge in [0.1, 0.15) is 5.69 Å². The standard InChI is InChI=1S/C26H25ClF3N3O5/c27-20-7-5-15(13-19(20)26(28,29)30)25(36)9-11-31(12-10-25)21-8-6-16(14-22(21)33(37)38)32-23(34)17-3-1-2-4-18(17)24(32)35/h5-8,13-14,17-18,36H,1-4,9-12H2/t17-,18-/m0/s1. The summed E-state index contributed by atoms with van der Waals surface area (Å²) in [5, 5.41) is 22.7. The number of nitrogens with zero attached hydrogens (tertiary/aromatic N) is 3. The minimum absolute atomic E-state index is 0.0251. The van der Waals surface area contributed by atoms with Crippen LogP contribution in [0.3, 0.4) is 0 Å². The molecule has 1 saturated carbocycles. The van der Waals surface area contributed by atoms with Gasteiger partial charge in [0.05, 0.1) is 38.6 Å². The second kappa shape index (κ2) is 9.53. The number of hydrogen-bond acceptors (Lipinski definition) is 6. The van der Waals surface area contributed by atoms with Crippen LogP contribution in [0.4, 0.5) is 30.2 Å². The van der Waals surface area contributed by atoms with Crippen molar-refractivity contribution in [3.05, 3.63) is 62.7 Å². The van der Waals surface area contributed by atoms with E-state index in [-0.39, 0.29) is 72.2 Å². The number of hydrogen-bond donors (Lipinski definition) is 1. The summed E-state index contributed by atoms with van der Waals surface area (Å²) in [4.78, 5) is 40.0. The van der Waals surface area contributed by atoms with Crippen molar-refractivity contribution in [2.75, 3.05) is 22.9 Å². The first-order valence-electron chi connectivity index (χ1n) is 12.4. The molecule has 2 aliphatic heterocycles. The third kappa shape index (κ3) is 4.51. The molecule has 38 heavy (non-hydrogen) atoms. The number of carbonyl (C=O) groups excluding carboxylic acids is 2. The van der Waals surface area contributed by atoms with Crippen LogP contribution in [0.2, 0.25) is 5.02 Å². The molecule has 2 heterocycles. The molecule has 5 rings (SSSR count). The molecule has 0 spiro atoms. The van der Waals surface area contributed by atoms with Gasteiger partial charge in [-0.15, -0.1) is 0 Å². The number of nitro benzene ring substituents is 1. The Balaban J connectivity index is 1.38. The molecule has 0 aromatic heterocycles. The molecular weight excluding hydrogens is 527 g/mol. The molecule has 2 aromatic rings. The van der Waals surface area contributed by atoms with Gasteiger partial charge in [-0.3, -0.25) is 19.7 Å². The van der Waals surface area contributed by atoms with Gasteiger partial charge < -0.3 is 10.0 Å². The van der Waals surface area contributed by atoms with Gasteiger partial charge in [-0.1, -0.05) is 30.5 Å². The SMILES string of the molecule is O=C1[C@H]2CCCC[C@@H]2C(=O)N1c1ccc(N2CCC(O)(c3ccc(Cl)c(C(F)(F)F)c3)CC2)c([N+](=O)[O-])c1. The quantitative estimate of drug-likeness (QED) is 0.308. The molecule has 3 fully saturated rings. The van der Waals surface area contributed by atoms with Crippen molar-refractivity contribution >= 4 is 40.5 Å². The number of alkyl halides is 3. The van der Waals surface area contributed by atoms with E-state index >= 15 is 0 Å². The van der Waals surface area contributed by atoms with Crippen molar-refractivity contribution in [3.8, 4) is 0 Å². The number of benzene rings is 2. The van der Waals surface area contributed by atoms with Gasteiger partial charge in [0, 0.05) is 19.2 Å². The second-order valence-corrected chi connectivity index (χ2v) is 10.6. The van der Waals surface area contributed by atoms with Gasteiger partial charge in [-0.05, 0) is 55.5 Å². The van der Waals surface area contributed by atoms with Gasteiger partial charge in [0.15, 0.2) is 0 Å². The van der Waals surface area contributed by atoms with Gasteiger partial charge in [-0.2, -0.15) is 13.2 Å². The lowest BCUT2D eigenvalue weighted by Crippen LogP contribution is -2.43. The lowest BCUT2D eigenvalue weighted by molar-refractivity contribution is -0.384. The van der Waals surface area contributed by atoms with E-state index in [1.54, 1.807) is 4.90 Å². The summed E-state index contributed by atoms with van der Waals surface area (Å²) in [7, 11) is 0. The summed E-state index contributed by atoms with van der Waals surface area (Å²) in [5.74, 6) is -1.43. The summed E-state index contributed by atoms with van der Waals surface area (Å²) in [6.07, 6.45) is -1.65. The van der Waals surface area contributed by atoms with Crippen molar-refractivity contribution in [2.24, 2.45) is 11.8 Å². The van der Waals surface area contributed by atoms with Crippen molar-refractivity contribution in [3.63, 3.8) is 0 Å². The number of nitro groups is 1. The lowest BCUT2D eigenvalue weighted by atomic mass is 9.81. The molecule has 0 radical (unpaired) electrons. The van der Waals surface area contributed by atoms with Crippen LogP contribution >= 0.6 is 11.6 Å². The molecular formula is C26H25ClF3N3O5. The van der Waals surface area contributed by atoms with Gasteiger partial charge in [0.2, 0.25) is 11.8 Å². The first-order valence-corrected chi connectivity index (χ1v) is 12.8. The van der Waals surface area contributed by atoms with Crippen LogP contribution in [0.15, 0.2) is 36.4 Å². The number of halogens is 4. The monoisotopic (exact) mass is 551 g/mol. The van der Waals surface area contributed by atoms with E-state index in [9.17, 15) is 38.0 Å². The van der Waals surface area contributed by atoms with Crippen LogP contribution in [0.5, 0.6) is 0 Å². The Morgan fingerprint density at radius 3 is 2.16 bits per heavy atom.